The number of alkyl halides is 3. The molecule has 0 saturated carbocycles. The number of aromatic nitrogens is 2. The monoisotopic (exact) mass is 267 g/mol. The average Bonchev–Trinajstić information content (AvgIpc) is 2.39. The van der Waals surface area contributed by atoms with Gasteiger partial charge in [-0.15, -0.1) is 0 Å². The summed E-state index contributed by atoms with van der Waals surface area (Å²) in [6, 6.07) is 6.64. The topological polar surface area (TPSA) is 51.8 Å². The first-order valence-corrected chi connectivity index (χ1v) is 5.70. The summed E-state index contributed by atoms with van der Waals surface area (Å²) in [4.78, 5) is 8.21. The quantitative estimate of drug-likeness (QED) is 0.930. The third kappa shape index (κ3) is 3.29. The van der Waals surface area contributed by atoms with Crippen LogP contribution in [0.25, 0.3) is 11.3 Å². The number of nitrogens with two attached hydrogens (primary N) is 1. The average molecular weight is 267 g/mol. The van der Waals surface area contributed by atoms with E-state index >= 15 is 0 Å². The number of hydrogen-bond acceptors (Lipinski definition) is 3. The molecule has 0 amide bonds. The number of halogens is 3. The highest BCUT2D eigenvalue weighted by molar-refractivity contribution is 5.59. The van der Waals surface area contributed by atoms with Crippen LogP contribution in [-0.4, -0.2) is 16.5 Å². The molecule has 0 unspecified atom stereocenters. The molecule has 0 fully saturated rings. The standard InChI is InChI=1S/C13H12F3N3/c14-13(15,16)10-3-1-2-9(8-10)11-5-7-18-12(19-11)4-6-17/h1-3,5,7-8H,4,6,17H2. The van der Waals surface area contributed by atoms with E-state index in [1.54, 1.807) is 12.1 Å². The first kappa shape index (κ1) is 13.5. The van der Waals surface area contributed by atoms with Crippen LogP contribution in [-0.2, 0) is 12.6 Å². The summed E-state index contributed by atoms with van der Waals surface area (Å²) in [5, 5.41) is 0. The molecule has 0 atom stereocenters. The molecule has 1 aromatic carbocycles. The minimum atomic E-state index is -4.36. The molecule has 19 heavy (non-hydrogen) atoms. The Morgan fingerprint density at radius 1 is 1.16 bits per heavy atom. The number of rotatable bonds is 3. The fourth-order valence-corrected chi connectivity index (χ4v) is 1.66. The van der Waals surface area contributed by atoms with Crippen LogP contribution in [0.1, 0.15) is 11.4 Å². The van der Waals surface area contributed by atoms with Gasteiger partial charge in [0.05, 0.1) is 11.3 Å². The molecule has 1 heterocycles. The van der Waals surface area contributed by atoms with Gasteiger partial charge in [0, 0.05) is 18.2 Å². The Morgan fingerprint density at radius 3 is 2.63 bits per heavy atom. The second kappa shape index (κ2) is 5.36. The Morgan fingerprint density at radius 2 is 1.95 bits per heavy atom. The summed E-state index contributed by atoms with van der Waals surface area (Å²) in [6.45, 7) is 0.395. The SMILES string of the molecule is NCCc1nccc(-c2cccc(C(F)(F)F)c2)n1. The van der Waals surface area contributed by atoms with E-state index in [0.29, 0.717) is 30.0 Å². The molecule has 2 N–H and O–H groups in total. The van der Waals surface area contributed by atoms with E-state index in [1.807, 2.05) is 0 Å². The second-order valence-corrected chi connectivity index (χ2v) is 3.98. The lowest BCUT2D eigenvalue weighted by atomic mass is 10.1. The molecule has 3 nitrogen and oxygen atoms in total. The van der Waals surface area contributed by atoms with Gasteiger partial charge in [-0.1, -0.05) is 12.1 Å². The van der Waals surface area contributed by atoms with Gasteiger partial charge in [-0.25, -0.2) is 9.97 Å². The summed E-state index contributed by atoms with van der Waals surface area (Å²) >= 11 is 0. The molecule has 0 saturated heterocycles. The lowest BCUT2D eigenvalue weighted by Gasteiger charge is -2.08. The van der Waals surface area contributed by atoms with E-state index in [4.69, 9.17) is 5.73 Å². The minimum Gasteiger partial charge on any atom is -0.330 e. The molecule has 0 bridgehead atoms. The van der Waals surface area contributed by atoms with Crippen molar-refractivity contribution in [2.24, 2.45) is 5.73 Å². The molecule has 0 aliphatic carbocycles. The number of hydrogen-bond donors (Lipinski definition) is 1. The van der Waals surface area contributed by atoms with Crippen molar-refractivity contribution in [1.82, 2.24) is 9.97 Å². The maximum absolute atomic E-state index is 12.6. The van der Waals surface area contributed by atoms with E-state index in [1.165, 1.54) is 12.3 Å². The maximum Gasteiger partial charge on any atom is 0.416 e. The molecular weight excluding hydrogens is 255 g/mol. The van der Waals surface area contributed by atoms with Crippen molar-refractivity contribution in [2.75, 3.05) is 6.54 Å². The van der Waals surface area contributed by atoms with Gasteiger partial charge in [-0.05, 0) is 24.7 Å². The molecule has 2 rings (SSSR count). The molecule has 0 radical (unpaired) electrons. The zero-order valence-corrected chi connectivity index (χ0v) is 9.98. The van der Waals surface area contributed by atoms with Crippen molar-refractivity contribution < 1.29 is 13.2 Å². The third-order valence-electron chi connectivity index (χ3n) is 2.56. The van der Waals surface area contributed by atoms with E-state index in [-0.39, 0.29) is 0 Å². The largest absolute Gasteiger partial charge is 0.416 e. The lowest BCUT2D eigenvalue weighted by Crippen LogP contribution is -2.07. The molecule has 0 aliphatic heterocycles. The zero-order chi connectivity index (χ0) is 13.9. The van der Waals surface area contributed by atoms with Crippen LogP contribution in [0.15, 0.2) is 36.5 Å². The van der Waals surface area contributed by atoms with Crippen LogP contribution in [0.5, 0.6) is 0 Å². The number of benzene rings is 1. The Hall–Kier alpha value is -1.95. The third-order valence-corrected chi connectivity index (χ3v) is 2.56. The fourth-order valence-electron chi connectivity index (χ4n) is 1.66. The van der Waals surface area contributed by atoms with Gasteiger partial charge in [-0.3, -0.25) is 0 Å². The molecule has 0 spiro atoms. The molecular formula is C13H12F3N3. The predicted octanol–water partition coefficient (Wildman–Crippen LogP) is 2.66. The maximum atomic E-state index is 12.6. The zero-order valence-electron chi connectivity index (χ0n) is 9.98. The lowest BCUT2D eigenvalue weighted by molar-refractivity contribution is -0.137. The molecule has 0 aliphatic rings. The Balaban J connectivity index is 2.39. The van der Waals surface area contributed by atoms with Crippen LogP contribution in [0, 0.1) is 0 Å². The van der Waals surface area contributed by atoms with Gasteiger partial charge in [0.25, 0.3) is 0 Å². The highest BCUT2D eigenvalue weighted by atomic mass is 19.4. The summed E-state index contributed by atoms with van der Waals surface area (Å²) in [5.74, 6) is 0.525. The highest BCUT2D eigenvalue weighted by Crippen LogP contribution is 2.31. The van der Waals surface area contributed by atoms with Crippen molar-refractivity contribution in [3.63, 3.8) is 0 Å². The van der Waals surface area contributed by atoms with E-state index in [9.17, 15) is 13.2 Å². The number of nitrogens with zero attached hydrogens (tertiary/aromatic N) is 2. The fraction of sp³-hybridized carbons (Fsp3) is 0.231. The summed E-state index contributed by atoms with van der Waals surface area (Å²) < 4.78 is 37.9. The van der Waals surface area contributed by atoms with Gasteiger partial charge in [-0.2, -0.15) is 13.2 Å². The Bertz CT molecular complexity index is 567. The minimum absolute atomic E-state index is 0.395. The van der Waals surface area contributed by atoms with Crippen molar-refractivity contribution in [1.29, 1.82) is 0 Å². The smallest absolute Gasteiger partial charge is 0.330 e. The summed E-state index contributed by atoms with van der Waals surface area (Å²) in [5.41, 5.74) is 5.59. The van der Waals surface area contributed by atoms with Gasteiger partial charge in [0.1, 0.15) is 5.82 Å². The predicted molar refractivity (Wildman–Crippen MR) is 65.2 cm³/mol. The normalized spacial score (nSPS) is 11.6. The first-order valence-electron chi connectivity index (χ1n) is 5.70. The van der Waals surface area contributed by atoms with Crippen LogP contribution in [0.2, 0.25) is 0 Å². The van der Waals surface area contributed by atoms with Crippen molar-refractivity contribution in [3.05, 3.63) is 47.9 Å². The van der Waals surface area contributed by atoms with E-state index in [0.717, 1.165) is 12.1 Å². The van der Waals surface area contributed by atoms with Gasteiger partial charge >= 0.3 is 6.18 Å². The van der Waals surface area contributed by atoms with Gasteiger partial charge in [0.2, 0.25) is 0 Å². The molecule has 1 aromatic heterocycles. The van der Waals surface area contributed by atoms with E-state index in [2.05, 4.69) is 9.97 Å². The van der Waals surface area contributed by atoms with Crippen LogP contribution in [0.4, 0.5) is 13.2 Å². The second-order valence-electron chi connectivity index (χ2n) is 3.98. The van der Waals surface area contributed by atoms with E-state index < -0.39 is 11.7 Å². The molecule has 6 heteroatoms. The summed E-state index contributed by atoms with van der Waals surface area (Å²) in [7, 11) is 0. The Kier molecular flexibility index (Phi) is 3.80. The van der Waals surface area contributed by atoms with Crippen LogP contribution in [0.3, 0.4) is 0 Å². The van der Waals surface area contributed by atoms with Crippen LogP contribution >= 0.6 is 0 Å². The van der Waals surface area contributed by atoms with Crippen molar-refractivity contribution in [2.45, 2.75) is 12.6 Å². The summed E-state index contributed by atoms with van der Waals surface area (Å²) in [6.07, 6.45) is -2.34. The van der Waals surface area contributed by atoms with Crippen molar-refractivity contribution >= 4 is 0 Å². The first-order chi connectivity index (χ1) is 9.00. The van der Waals surface area contributed by atoms with Gasteiger partial charge in [0.15, 0.2) is 0 Å². The molecule has 2 aromatic rings. The van der Waals surface area contributed by atoms with Gasteiger partial charge < -0.3 is 5.73 Å². The van der Waals surface area contributed by atoms with Crippen molar-refractivity contribution in [3.8, 4) is 11.3 Å². The molecule has 100 valence electrons. The Labute approximate surface area is 108 Å². The van der Waals surface area contributed by atoms with Crippen LogP contribution < -0.4 is 5.73 Å². The highest BCUT2D eigenvalue weighted by Gasteiger charge is 2.30.